The van der Waals surface area contributed by atoms with Gasteiger partial charge in [-0.05, 0) is 56.5 Å². The lowest BCUT2D eigenvalue weighted by Crippen LogP contribution is -2.20. The zero-order valence-electron chi connectivity index (χ0n) is 13.4. The molecule has 0 aliphatic carbocycles. The summed E-state index contributed by atoms with van der Waals surface area (Å²) in [7, 11) is 1.58. The van der Waals surface area contributed by atoms with Crippen LogP contribution in [0.5, 0.6) is 0 Å². The predicted octanol–water partition coefficient (Wildman–Crippen LogP) is 3.72. The van der Waals surface area contributed by atoms with Crippen LogP contribution in [0.25, 0.3) is 5.57 Å². The van der Waals surface area contributed by atoms with Crippen molar-refractivity contribution in [2.24, 2.45) is 7.05 Å². The number of carbonyl (C=O) groups is 1. The molecule has 0 aliphatic heterocycles. The molecule has 0 radical (unpaired) electrons. The van der Waals surface area contributed by atoms with Crippen LogP contribution < -0.4 is 5.56 Å². The van der Waals surface area contributed by atoms with Gasteiger partial charge in [0.05, 0.1) is 0 Å². The molecule has 2 rings (SSSR count). The van der Waals surface area contributed by atoms with Crippen LogP contribution in [0.3, 0.4) is 0 Å². The van der Waals surface area contributed by atoms with Gasteiger partial charge in [0.2, 0.25) is 0 Å². The van der Waals surface area contributed by atoms with Crippen LogP contribution in [0.1, 0.15) is 47.8 Å². The fourth-order valence-corrected chi connectivity index (χ4v) is 2.75. The van der Waals surface area contributed by atoms with E-state index < -0.39 is 0 Å². The number of nitrogens with zero attached hydrogens (tertiary/aromatic N) is 1. The lowest BCUT2D eigenvalue weighted by molar-refractivity contribution is 0.103. The third kappa shape index (κ3) is 2.66. The molecule has 2 aromatic rings. The molecule has 0 fully saturated rings. The average molecular weight is 319 g/mol. The van der Waals surface area contributed by atoms with E-state index in [4.69, 9.17) is 11.6 Å². The van der Waals surface area contributed by atoms with Crippen LogP contribution in [-0.4, -0.2) is 15.6 Å². The standard InChI is InChI=1S/C17H19ClN2O2/c1-9(2)10(3)15-11(4)12(6-7-14(15)18)16(21)13-8-19-20(5)17(13)22/h6-8,19H,1-5H3. The van der Waals surface area contributed by atoms with E-state index in [0.717, 1.165) is 22.3 Å². The fraction of sp³-hybridized carbons (Fsp3) is 0.294. The second-order valence-electron chi connectivity index (χ2n) is 5.60. The molecule has 1 heterocycles. The number of rotatable bonds is 3. The van der Waals surface area contributed by atoms with Gasteiger partial charge < -0.3 is 5.10 Å². The van der Waals surface area contributed by atoms with E-state index in [1.165, 1.54) is 10.9 Å². The molecule has 0 amide bonds. The Hall–Kier alpha value is -2.07. The van der Waals surface area contributed by atoms with Crippen molar-refractivity contribution < 1.29 is 4.79 Å². The summed E-state index contributed by atoms with van der Waals surface area (Å²) in [5.74, 6) is -0.293. The van der Waals surface area contributed by atoms with Crippen molar-refractivity contribution in [2.45, 2.75) is 27.7 Å². The Morgan fingerprint density at radius 3 is 2.32 bits per heavy atom. The van der Waals surface area contributed by atoms with E-state index in [2.05, 4.69) is 5.10 Å². The van der Waals surface area contributed by atoms with Crippen molar-refractivity contribution in [1.29, 1.82) is 0 Å². The van der Waals surface area contributed by atoms with Gasteiger partial charge in [0.1, 0.15) is 5.56 Å². The lowest BCUT2D eigenvalue weighted by Gasteiger charge is -2.14. The van der Waals surface area contributed by atoms with Gasteiger partial charge in [-0.25, -0.2) is 0 Å². The van der Waals surface area contributed by atoms with Crippen molar-refractivity contribution in [3.05, 3.63) is 61.5 Å². The third-order valence-electron chi connectivity index (χ3n) is 3.97. The number of nitrogens with one attached hydrogen (secondary N) is 1. The van der Waals surface area contributed by atoms with Crippen LogP contribution in [0.4, 0.5) is 0 Å². The maximum atomic E-state index is 12.7. The third-order valence-corrected chi connectivity index (χ3v) is 4.28. The number of aryl methyl sites for hydroxylation is 1. The highest BCUT2D eigenvalue weighted by atomic mass is 35.5. The second kappa shape index (κ2) is 5.97. The number of aromatic nitrogens is 2. The van der Waals surface area contributed by atoms with Gasteiger partial charge in [-0.15, -0.1) is 0 Å². The monoisotopic (exact) mass is 318 g/mol. The van der Waals surface area contributed by atoms with Gasteiger partial charge in [0.15, 0.2) is 5.78 Å². The summed E-state index contributed by atoms with van der Waals surface area (Å²) in [4.78, 5) is 24.6. The summed E-state index contributed by atoms with van der Waals surface area (Å²) in [5.41, 5.74) is 4.12. The first kappa shape index (κ1) is 16.3. The Morgan fingerprint density at radius 2 is 1.82 bits per heavy atom. The topological polar surface area (TPSA) is 54.9 Å². The minimum absolute atomic E-state index is 0.133. The molecule has 0 aliphatic rings. The number of aromatic amines is 1. The SMILES string of the molecule is CC(C)=C(C)c1c(Cl)ccc(C(=O)c2c[nH]n(C)c2=O)c1C. The molecule has 1 aromatic carbocycles. The van der Waals surface area contributed by atoms with Crippen LogP contribution >= 0.6 is 11.6 Å². The van der Waals surface area contributed by atoms with Gasteiger partial charge in [0, 0.05) is 23.8 Å². The molecule has 4 nitrogen and oxygen atoms in total. The summed E-state index contributed by atoms with van der Waals surface area (Å²) < 4.78 is 1.28. The number of allylic oxidation sites excluding steroid dienone is 2. The number of ketones is 1. The Labute approximate surface area is 134 Å². The summed E-state index contributed by atoms with van der Waals surface area (Å²) in [6, 6.07) is 3.38. The second-order valence-corrected chi connectivity index (χ2v) is 6.01. The van der Waals surface area contributed by atoms with Crippen molar-refractivity contribution in [3.8, 4) is 0 Å². The Kier molecular flexibility index (Phi) is 4.42. The smallest absolute Gasteiger partial charge is 0.277 e. The number of H-pyrrole nitrogens is 1. The molecule has 1 N–H and O–H groups in total. The Morgan fingerprint density at radius 1 is 1.18 bits per heavy atom. The first-order valence-corrected chi connectivity index (χ1v) is 7.36. The summed E-state index contributed by atoms with van der Waals surface area (Å²) in [6.07, 6.45) is 1.44. The van der Waals surface area contributed by atoms with E-state index in [0.29, 0.717) is 10.6 Å². The van der Waals surface area contributed by atoms with E-state index in [1.54, 1.807) is 19.2 Å². The van der Waals surface area contributed by atoms with Crippen LogP contribution in [0.15, 0.2) is 28.7 Å². The molecule has 22 heavy (non-hydrogen) atoms. The van der Waals surface area contributed by atoms with E-state index >= 15 is 0 Å². The molecule has 0 saturated heterocycles. The van der Waals surface area contributed by atoms with Gasteiger partial charge in [0.25, 0.3) is 5.56 Å². The van der Waals surface area contributed by atoms with Crippen LogP contribution in [-0.2, 0) is 7.05 Å². The molecular weight excluding hydrogens is 300 g/mol. The molecule has 116 valence electrons. The molecule has 0 atom stereocenters. The quantitative estimate of drug-likeness (QED) is 0.877. The van der Waals surface area contributed by atoms with Crippen molar-refractivity contribution in [2.75, 3.05) is 0 Å². The highest BCUT2D eigenvalue weighted by Crippen LogP contribution is 2.31. The minimum atomic E-state index is -0.333. The van der Waals surface area contributed by atoms with Crippen molar-refractivity contribution >= 4 is 23.0 Å². The Balaban J connectivity index is 2.66. The number of carbonyl (C=O) groups excluding carboxylic acids is 1. The molecule has 0 saturated carbocycles. The normalized spacial score (nSPS) is 10.6. The first-order valence-electron chi connectivity index (χ1n) is 6.98. The largest absolute Gasteiger partial charge is 0.302 e. The maximum absolute atomic E-state index is 12.7. The average Bonchev–Trinajstić information content (AvgIpc) is 2.78. The van der Waals surface area contributed by atoms with E-state index in [9.17, 15) is 9.59 Å². The molecule has 0 spiro atoms. The van der Waals surface area contributed by atoms with Gasteiger partial charge in [-0.3, -0.25) is 14.3 Å². The Bertz CT molecular complexity index is 837. The van der Waals surface area contributed by atoms with Crippen LogP contribution in [0, 0.1) is 6.92 Å². The number of hydrogen-bond acceptors (Lipinski definition) is 2. The lowest BCUT2D eigenvalue weighted by atomic mass is 9.92. The molecule has 0 bridgehead atoms. The number of benzene rings is 1. The highest BCUT2D eigenvalue weighted by Gasteiger charge is 2.20. The van der Waals surface area contributed by atoms with Gasteiger partial charge in [-0.1, -0.05) is 17.2 Å². The molecule has 0 unspecified atom stereocenters. The summed E-state index contributed by atoms with van der Waals surface area (Å²) in [5, 5.41) is 3.33. The first-order chi connectivity index (χ1) is 10.3. The summed E-state index contributed by atoms with van der Waals surface area (Å²) in [6.45, 7) is 7.84. The fourth-order valence-electron chi connectivity index (χ4n) is 2.41. The number of halogens is 1. The molecular formula is C17H19ClN2O2. The molecule has 5 heteroatoms. The van der Waals surface area contributed by atoms with Crippen molar-refractivity contribution in [1.82, 2.24) is 9.78 Å². The number of hydrogen-bond donors (Lipinski definition) is 1. The minimum Gasteiger partial charge on any atom is -0.302 e. The zero-order valence-corrected chi connectivity index (χ0v) is 14.1. The highest BCUT2D eigenvalue weighted by molar-refractivity contribution is 6.32. The van der Waals surface area contributed by atoms with E-state index in [1.807, 2.05) is 27.7 Å². The van der Waals surface area contributed by atoms with Crippen molar-refractivity contribution in [3.63, 3.8) is 0 Å². The predicted molar refractivity (Wildman–Crippen MR) is 89.6 cm³/mol. The van der Waals surface area contributed by atoms with Crippen LogP contribution in [0.2, 0.25) is 5.02 Å². The summed E-state index contributed by atoms with van der Waals surface area (Å²) >= 11 is 6.31. The van der Waals surface area contributed by atoms with Gasteiger partial charge in [-0.2, -0.15) is 0 Å². The zero-order chi connectivity index (χ0) is 16.6. The van der Waals surface area contributed by atoms with E-state index in [-0.39, 0.29) is 16.9 Å². The molecule has 1 aromatic heterocycles. The van der Waals surface area contributed by atoms with Gasteiger partial charge >= 0.3 is 0 Å². The maximum Gasteiger partial charge on any atom is 0.277 e.